The van der Waals surface area contributed by atoms with Crippen molar-refractivity contribution < 1.29 is 30.0 Å². The molecule has 0 aliphatic rings. The number of aliphatic carboxylic acids is 2. The zero-order chi connectivity index (χ0) is 19.9. The fourth-order valence-electron chi connectivity index (χ4n) is 2.55. The van der Waals surface area contributed by atoms with Crippen molar-refractivity contribution in [3.63, 3.8) is 0 Å². The monoisotopic (exact) mass is 362 g/mol. The number of carboxylic acids is 2. The molecular formula is C19H38O6. The van der Waals surface area contributed by atoms with Gasteiger partial charge in [0, 0.05) is 0 Å². The van der Waals surface area contributed by atoms with Gasteiger partial charge in [0.05, 0.1) is 24.0 Å². The lowest BCUT2D eigenvalue weighted by atomic mass is 9.90. The van der Waals surface area contributed by atoms with E-state index in [9.17, 15) is 19.8 Å². The van der Waals surface area contributed by atoms with Crippen LogP contribution in [-0.4, -0.2) is 43.6 Å². The highest BCUT2D eigenvalue weighted by Crippen LogP contribution is 2.22. The van der Waals surface area contributed by atoms with Crippen LogP contribution < -0.4 is 0 Å². The standard InChI is InChI=1S/C10H20O3.C9H18O3/c1-3-5-6-7-10(13,4-2)8-9(11)12;1-3-4-5-6-9(2,12)7-8(10)11/h13H,3-8H2,1-2H3,(H,11,12);12H,3-7H2,1-2H3,(H,10,11). The zero-order valence-electron chi connectivity index (χ0n) is 16.4. The van der Waals surface area contributed by atoms with Gasteiger partial charge in [-0.15, -0.1) is 0 Å². The number of carbonyl (C=O) groups is 2. The lowest BCUT2D eigenvalue weighted by molar-refractivity contribution is -0.143. The normalized spacial score (nSPS) is 15.4. The van der Waals surface area contributed by atoms with Crippen LogP contribution >= 0.6 is 0 Å². The molecular weight excluding hydrogens is 324 g/mol. The minimum Gasteiger partial charge on any atom is -0.481 e. The maximum absolute atomic E-state index is 10.4. The zero-order valence-corrected chi connectivity index (χ0v) is 16.4. The van der Waals surface area contributed by atoms with E-state index in [1.54, 1.807) is 6.92 Å². The topological polar surface area (TPSA) is 115 Å². The molecule has 0 saturated heterocycles. The van der Waals surface area contributed by atoms with Crippen molar-refractivity contribution in [3.8, 4) is 0 Å². The maximum Gasteiger partial charge on any atom is 0.306 e. The number of aliphatic hydroxyl groups is 2. The first-order valence-corrected chi connectivity index (χ1v) is 9.40. The van der Waals surface area contributed by atoms with Gasteiger partial charge in [-0.25, -0.2) is 0 Å². The molecule has 0 saturated carbocycles. The predicted molar refractivity (Wildman–Crippen MR) is 98.7 cm³/mol. The molecule has 0 aromatic heterocycles. The van der Waals surface area contributed by atoms with E-state index in [1.165, 1.54) is 0 Å². The lowest BCUT2D eigenvalue weighted by Gasteiger charge is -2.24. The Morgan fingerprint density at radius 3 is 1.56 bits per heavy atom. The predicted octanol–water partition coefficient (Wildman–Crippen LogP) is 3.97. The van der Waals surface area contributed by atoms with Crippen molar-refractivity contribution in [1.29, 1.82) is 0 Å². The molecule has 0 aliphatic carbocycles. The summed E-state index contributed by atoms with van der Waals surface area (Å²) in [5.41, 5.74) is -2.01. The minimum absolute atomic E-state index is 0.132. The van der Waals surface area contributed by atoms with Gasteiger partial charge < -0.3 is 20.4 Å². The highest BCUT2D eigenvalue weighted by atomic mass is 16.4. The van der Waals surface area contributed by atoms with Gasteiger partial charge in [-0.3, -0.25) is 9.59 Å². The van der Waals surface area contributed by atoms with Crippen LogP contribution in [0, 0.1) is 0 Å². The van der Waals surface area contributed by atoms with Crippen molar-refractivity contribution in [3.05, 3.63) is 0 Å². The molecule has 4 N–H and O–H groups in total. The average molecular weight is 363 g/mol. The van der Waals surface area contributed by atoms with Gasteiger partial charge in [0.25, 0.3) is 0 Å². The number of hydrogen-bond donors (Lipinski definition) is 4. The van der Waals surface area contributed by atoms with E-state index >= 15 is 0 Å². The Hall–Kier alpha value is -1.14. The smallest absolute Gasteiger partial charge is 0.306 e. The van der Waals surface area contributed by atoms with E-state index in [-0.39, 0.29) is 12.8 Å². The van der Waals surface area contributed by atoms with Crippen LogP contribution in [0.3, 0.4) is 0 Å². The highest BCUT2D eigenvalue weighted by molar-refractivity contribution is 5.68. The number of carboxylic acid groups (broad SMARTS) is 2. The first kappa shape index (κ1) is 26.1. The molecule has 0 heterocycles. The van der Waals surface area contributed by atoms with Crippen LogP contribution in [0.15, 0.2) is 0 Å². The molecule has 0 aromatic rings. The molecule has 0 bridgehead atoms. The Morgan fingerprint density at radius 2 is 1.20 bits per heavy atom. The molecule has 0 amide bonds. The molecule has 0 aliphatic heterocycles. The second kappa shape index (κ2) is 14.1. The molecule has 0 aromatic carbocycles. The Labute approximate surface area is 152 Å². The molecule has 6 heteroatoms. The summed E-state index contributed by atoms with van der Waals surface area (Å²) < 4.78 is 0. The fraction of sp³-hybridized carbons (Fsp3) is 0.895. The molecule has 0 radical (unpaired) electrons. The van der Waals surface area contributed by atoms with Crippen LogP contribution in [0.2, 0.25) is 0 Å². The van der Waals surface area contributed by atoms with Crippen molar-refractivity contribution in [2.24, 2.45) is 0 Å². The molecule has 150 valence electrons. The maximum atomic E-state index is 10.4. The van der Waals surface area contributed by atoms with Gasteiger partial charge in [-0.1, -0.05) is 59.3 Å². The third-order valence-electron chi connectivity index (χ3n) is 4.24. The summed E-state index contributed by atoms with van der Waals surface area (Å²) in [6.45, 7) is 7.57. The van der Waals surface area contributed by atoms with Gasteiger partial charge in [-0.2, -0.15) is 0 Å². The lowest BCUT2D eigenvalue weighted by Crippen LogP contribution is -2.30. The van der Waals surface area contributed by atoms with Crippen molar-refractivity contribution in [2.45, 2.75) is 110 Å². The third-order valence-corrected chi connectivity index (χ3v) is 4.24. The molecule has 0 fully saturated rings. The van der Waals surface area contributed by atoms with Crippen molar-refractivity contribution in [2.75, 3.05) is 0 Å². The summed E-state index contributed by atoms with van der Waals surface area (Å²) in [6, 6.07) is 0. The van der Waals surface area contributed by atoms with Gasteiger partial charge in [-0.05, 0) is 26.2 Å². The van der Waals surface area contributed by atoms with Gasteiger partial charge in [0.1, 0.15) is 0 Å². The van der Waals surface area contributed by atoms with Gasteiger partial charge >= 0.3 is 11.9 Å². The summed E-state index contributed by atoms with van der Waals surface area (Å²) in [5, 5.41) is 36.4. The Balaban J connectivity index is 0. The molecule has 25 heavy (non-hydrogen) atoms. The highest BCUT2D eigenvalue weighted by Gasteiger charge is 2.27. The molecule has 2 unspecified atom stereocenters. The fourth-order valence-corrected chi connectivity index (χ4v) is 2.55. The summed E-state index contributed by atoms with van der Waals surface area (Å²) in [4.78, 5) is 20.7. The van der Waals surface area contributed by atoms with Crippen LogP contribution in [0.1, 0.15) is 98.3 Å². The summed E-state index contributed by atoms with van der Waals surface area (Å²) in [6.07, 6.45) is 7.50. The Bertz CT molecular complexity index is 367. The van der Waals surface area contributed by atoms with Crippen LogP contribution in [0.25, 0.3) is 0 Å². The second-order valence-electron chi connectivity index (χ2n) is 7.13. The first-order chi connectivity index (χ1) is 11.5. The summed E-state index contributed by atoms with van der Waals surface area (Å²) in [5.74, 6) is -1.85. The van der Waals surface area contributed by atoms with E-state index < -0.39 is 23.1 Å². The van der Waals surface area contributed by atoms with Crippen molar-refractivity contribution >= 4 is 11.9 Å². The van der Waals surface area contributed by atoms with Crippen LogP contribution in [0.5, 0.6) is 0 Å². The van der Waals surface area contributed by atoms with Crippen LogP contribution in [0.4, 0.5) is 0 Å². The Morgan fingerprint density at radius 1 is 0.760 bits per heavy atom. The number of hydrogen-bond acceptors (Lipinski definition) is 4. The number of unbranched alkanes of at least 4 members (excludes halogenated alkanes) is 4. The molecule has 0 spiro atoms. The molecule has 0 rings (SSSR count). The summed E-state index contributed by atoms with van der Waals surface area (Å²) in [7, 11) is 0. The van der Waals surface area contributed by atoms with E-state index in [2.05, 4.69) is 13.8 Å². The van der Waals surface area contributed by atoms with E-state index in [4.69, 9.17) is 10.2 Å². The second-order valence-corrected chi connectivity index (χ2v) is 7.13. The van der Waals surface area contributed by atoms with Crippen molar-refractivity contribution in [1.82, 2.24) is 0 Å². The quantitative estimate of drug-likeness (QED) is 0.368. The molecule has 6 nitrogen and oxygen atoms in total. The molecule has 2 atom stereocenters. The Kier molecular flexibility index (Phi) is 14.7. The largest absolute Gasteiger partial charge is 0.481 e. The van der Waals surface area contributed by atoms with E-state index in [1.807, 2.05) is 6.92 Å². The van der Waals surface area contributed by atoms with Gasteiger partial charge in [0.2, 0.25) is 0 Å². The SMILES string of the molecule is CCCCCC(C)(O)CC(=O)O.CCCCCC(O)(CC)CC(=O)O. The van der Waals surface area contributed by atoms with Gasteiger partial charge in [0.15, 0.2) is 0 Å². The third kappa shape index (κ3) is 17.5. The minimum atomic E-state index is -1.03. The van der Waals surface area contributed by atoms with E-state index in [0.29, 0.717) is 19.3 Å². The van der Waals surface area contributed by atoms with Crippen LogP contribution in [-0.2, 0) is 9.59 Å². The average Bonchev–Trinajstić information content (AvgIpc) is 2.46. The van der Waals surface area contributed by atoms with E-state index in [0.717, 1.165) is 38.5 Å². The summed E-state index contributed by atoms with van der Waals surface area (Å²) >= 11 is 0. The first-order valence-electron chi connectivity index (χ1n) is 9.40. The number of rotatable bonds is 13.